The molecule has 0 bridgehead atoms. The van der Waals surface area contributed by atoms with Gasteiger partial charge in [0.2, 0.25) is 5.91 Å². The van der Waals surface area contributed by atoms with Gasteiger partial charge in [-0.15, -0.1) is 0 Å². The molecule has 148 valence electrons. The molecule has 9 heteroatoms. The maximum Gasteiger partial charge on any atom is 0.416 e. The van der Waals surface area contributed by atoms with Crippen molar-refractivity contribution in [3.63, 3.8) is 0 Å². The fourth-order valence-electron chi connectivity index (χ4n) is 3.02. The quantitative estimate of drug-likeness (QED) is 0.694. The number of carbonyl (C=O) groups excluding carboxylic acids is 2. The van der Waals surface area contributed by atoms with Gasteiger partial charge in [0.05, 0.1) is 11.3 Å². The van der Waals surface area contributed by atoms with Crippen molar-refractivity contribution >= 4 is 23.2 Å². The first-order chi connectivity index (χ1) is 13.1. The summed E-state index contributed by atoms with van der Waals surface area (Å²) in [5.41, 5.74) is -0.486. The van der Waals surface area contributed by atoms with Gasteiger partial charge >= 0.3 is 6.18 Å². The van der Waals surface area contributed by atoms with Gasteiger partial charge in [-0.2, -0.15) is 13.2 Å². The van der Waals surface area contributed by atoms with E-state index in [4.69, 9.17) is 0 Å². The third-order valence-corrected chi connectivity index (χ3v) is 4.30. The molecule has 3 rings (SSSR count). The molecule has 0 atom stereocenters. The second-order valence-electron chi connectivity index (χ2n) is 6.42. The number of hydrogen-bond donors (Lipinski definition) is 3. The molecule has 0 spiro atoms. The van der Waals surface area contributed by atoms with Gasteiger partial charge < -0.3 is 16.0 Å². The number of carbonyl (C=O) groups is 2. The number of halogens is 4. The Bertz CT molecular complexity index is 942. The maximum atomic E-state index is 14.7. The lowest BCUT2D eigenvalue weighted by Crippen LogP contribution is -2.25. The first-order valence-electron chi connectivity index (χ1n) is 8.47. The van der Waals surface area contributed by atoms with E-state index in [0.717, 1.165) is 24.6 Å². The molecule has 0 saturated carbocycles. The van der Waals surface area contributed by atoms with E-state index in [1.807, 2.05) is 0 Å². The molecular weight excluding hydrogens is 378 g/mol. The number of benzene rings is 2. The molecule has 2 amide bonds. The highest BCUT2D eigenvalue weighted by Gasteiger charge is 2.32. The van der Waals surface area contributed by atoms with Crippen molar-refractivity contribution in [2.75, 3.05) is 17.2 Å². The Morgan fingerprint density at radius 3 is 2.54 bits per heavy atom. The van der Waals surface area contributed by atoms with Crippen LogP contribution in [0.3, 0.4) is 0 Å². The van der Waals surface area contributed by atoms with Crippen molar-refractivity contribution in [1.82, 2.24) is 5.32 Å². The lowest BCUT2D eigenvalue weighted by molar-refractivity contribution is -0.137. The molecular formula is C19H17F4N3O2. The molecule has 5 nitrogen and oxygen atoms in total. The first-order valence-corrected chi connectivity index (χ1v) is 8.47. The Balaban J connectivity index is 1.93. The third kappa shape index (κ3) is 4.30. The molecule has 2 aromatic rings. The Morgan fingerprint density at radius 2 is 1.86 bits per heavy atom. The van der Waals surface area contributed by atoms with Crippen LogP contribution in [0, 0.1) is 5.82 Å². The summed E-state index contributed by atoms with van der Waals surface area (Å²) in [5, 5.41) is 7.65. The minimum atomic E-state index is -4.71. The molecule has 0 radical (unpaired) electrons. The predicted molar refractivity (Wildman–Crippen MR) is 95.5 cm³/mol. The monoisotopic (exact) mass is 395 g/mol. The van der Waals surface area contributed by atoms with Gasteiger partial charge in [0, 0.05) is 24.7 Å². The van der Waals surface area contributed by atoms with E-state index >= 15 is 0 Å². The number of nitrogens with one attached hydrogen (secondary N) is 3. The van der Waals surface area contributed by atoms with Crippen LogP contribution in [-0.4, -0.2) is 18.4 Å². The van der Waals surface area contributed by atoms with Crippen LogP contribution in [0.1, 0.15) is 34.0 Å². The van der Waals surface area contributed by atoms with Gasteiger partial charge in [0.25, 0.3) is 5.91 Å². The summed E-state index contributed by atoms with van der Waals surface area (Å²) in [4.78, 5) is 23.7. The lowest BCUT2D eigenvalue weighted by atomic mass is 9.99. The molecule has 1 aliphatic rings. The van der Waals surface area contributed by atoms with Crippen LogP contribution in [0.25, 0.3) is 0 Å². The average Bonchev–Trinajstić information content (AvgIpc) is 2.62. The fraction of sp³-hybridized carbons (Fsp3) is 0.263. The second kappa shape index (κ2) is 7.59. The van der Waals surface area contributed by atoms with Crippen LogP contribution < -0.4 is 16.0 Å². The Morgan fingerprint density at radius 1 is 1.11 bits per heavy atom. The van der Waals surface area contributed by atoms with Crippen molar-refractivity contribution in [1.29, 1.82) is 0 Å². The van der Waals surface area contributed by atoms with Crippen LogP contribution >= 0.6 is 0 Å². The molecule has 1 aliphatic heterocycles. The summed E-state index contributed by atoms with van der Waals surface area (Å²) in [7, 11) is 0. The molecule has 3 N–H and O–H groups in total. The average molecular weight is 395 g/mol. The van der Waals surface area contributed by atoms with E-state index in [1.165, 1.54) is 6.07 Å². The number of hydrogen-bond acceptors (Lipinski definition) is 3. The van der Waals surface area contributed by atoms with Crippen molar-refractivity contribution in [2.45, 2.75) is 26.1 Å². The molecule has 28 heavy (non-hydrogen) atoms. The zero-order valence-electron chi connectivity index (χ0n) is 14.8. The summed E-state index contributed by atoms with van der Waals surface area (Å²) in [6.07, 6.45) is -4.27. The summed E-state index contributed by atoms with van der Waals surface area (Å²) in [6.45, 7) is 2.24. The SMILES string of the molecule is CC(=O)Nc1cc(C(=O)Nc2ccc3c(c2F)CCNC3)cc(C(F)(F)F)c1. The van der Waals surface area contributed by atoms with Crippen molar-refractivity contribution in [2.24, 2.45) is 0 Å². The Kier molecular flexibility index (Phi) is 5.37. The summed E-state index contributed by atoms with van der Waals surface area (Å²) >= 11 is 0. The van der Waals surface area contributed by atoms with Gasteiger partial charge in [-0.1, -0.05) is 6.07 Å². The molecule has 2 aromatic carbocycles. The normalized spacial score (nSPS) is 13.6. The van der Waals surface area contributed by atoms with Crippen LogP contribution in [0.5, 0.6) is 0 Å². The Labute approximate surface area is 158 Å². The standard InChI is InChI=1S/C19H17F4N3O2/c1-10(27)25-14-7-12(6-13(8-14)19(21,22)23)18(28)26-16-3-2-11-9-24-5-4-15(11)17(16)20/h2-3,6-8,24H,4-5,9H2,1H3,(H,25,27)(H,26,28). The number of amides is 2. The minimum Gasteiger partial charge on any atom is -0.326 e. The van der Waals surface area contributed by atoms with E-state index in [2.05, 4.69) is 16.0 Å². The van der Waals surface area contributed by atoms with E-state index in [1.54, 1.807) is 6.07 Å². The zero-order valence-corrected chi connectivity index (χ0v) is 14.8. The first kappa shape index (κ1) is 19.8. The third-order valence-electron chi connectivity index (χ3n) is 4.30. The van der Waals surface area contributed by atoms with E-state index in [0.29, 0.717) is 31.1 Å². The molecule has 0 aliphatic carbocycles. The molecule has 0 aromatic heterocycles. The van der Waals surface area contributed by atoms with Gasteiger partial charge in [-0.05, 0) is 48.4 Å². The van der Waals surface area contributed by atoms with E-state index in [9.17, 15) is 27.2 Å². The lowest BCUT2D eigenvalue weighted by Gasteiger charge is -2.19. The van der Waals surface area contributed by atoms with Crippen molar-refractivity contribution < 1.29 is 27.2 Å². The van der Waals surface area contributed by atoms with Gasteiger partial charge in [-0.25, -0.2) is 4.39 Å². The van der Waals surface area contributed by atoms with Gasteiger partial charge in [-0.3, -0.25) is 9.59 Å². The van der Waals surface area contributed by atoms with Gasteiger partial charge in [0.1, 0.15) is 5.82 Å². The van der Waals surface area contributed by atoms with Crippen LogP contribution in [0.2, 0.25) is 0 Å². The Hall–Kier alpha value is -2.94. The highest BCUT2D eigenvalue weighted by Crippen LogP contribution is 2.32. The fourth-order valence-corrected chi connectivity index (χ4v) is 3.02. The van der Waals surface area contributed by atoms with Crippen molar-refractivity contribution in [3.8, 4) is 0 Å². The molecule has 0 unspecified atom stereocenters. The number of fused-ring (bicyclic) bond motifs is 1. The molecule has 0 fully saturated rings. The topological polar surface area (TPSA) is 70.2 Å². The highest BCUT2D eigenvalue weighted by molar-refractivity contribution is 6.05. The summed E-state index contributed by atoms with van der Waals surface area (Å²) in [6, 6.07) is 5.52. The van der Waals surface area contributed by atoms with Gasteiger partial charge in [0.15, 0.2) is 0 Å². The van der Waals surface area contributed by atoms with Crippen LogP contribution in [0.15, 0.2) is 30.3 Å². The number of rotatable bonds is 3. The number of alkyl halides is 3. The minimum absolute atomic E-state index is 0.107. The number of anilines is 2. The summed E-state index contributed by atoms with van der Waals surface area (Å²) < 4.78 is 54.0. The smallest absolute Gasteiger partial charge is 0.326 e. The second-order valence-corrected chi connectivity index (χ2v) is 6.42. The summed E-state index contributed by atoms with van der Waals surface area (Å²) in [5.74, 6) is -2.09. The van der Waals surface area contributed by atoms with Crippen LogP contribution in [0.4, 0.5) is 28.9 Å². The zero-order chi connectivity index (χ0) is 20.5. The molecule has 0 saturated heterocycles. The molecule has 1 heterocycles. The predicted octanol–water partition coefficient (Wildman–Crippen LogP) is 3.70. The highest BCUT2D eigenvalue weighted by atomic mass is 19.4. The largest absolute Gasteiger partial charge is 0.416 e. The van der Waals surface area contributed by atoms with Crippen LogP contribution in [-0.2, 0) is 23.9 Å². The van der Waals surface area contributed by atoms with E-state index in [-0.39, 0.29) is 16.9 Å². The van der Waals surface area contributed by atoms with Crippen molar-refractivity contribution in [3.05, 3.63) is 58.4 Å². The van der Waals surface area contributed by atoms with E-state index < -0.39 is 29.4 Å². The maximum absolute atomic E-state index is 14.7.